The lowest BCUT2D eigenvalue weighted by molar-refractivity contribution is 0.999. The lowest BCUT2D eigenvalue weighted by Crippen LogP contribution is -2.18. The van der Waals surface area contributed by atoms with Crippen LogP contribution in [0.3, 0.4) is 0 Å². The van der Waals surface area contributed by atoms with Crippen molar-refractivity contribution in [3.8, 4) is 0 Å². The minimum atomic E-state index is -0.127. The summed E-state index contributed by atoms with van der Waals surface area (Å²) in [5.74, 6) is 2.20. The standard InChI is InChI=1S/C19H20BrN5OS/c1-13-4-5-14(10-23-13)9-15-11-24-19(25-18(15)26)22-7-8-27-12-17-16(20)3-2-6-21-17/h2-6,10-11H,7-9,12H2,1H3,(H2,22,24,25,26). The van der Waals surface area contributed by atoms with Crippen molar-refractivity contribution in [3.05, 3.63) is 80.2 Å². The molecule has 3 rings (SSSR count). The Morgan fingerprint density at radius 2 is 2.07 bits per heavy atom. The number of thioether (sulfide) groups is 1. The zero-order chi connectivity index (χ0) is 19.1. The predicted octanol–water partition coefficient (Wildman–Crippen LogP) is 3.57. The number of aromatic amines is 1. The molecule has 0 atom stereocenters. The molecule has 140 valence electrons. The van der Waals surface area contributed by atoms with E-state index in [2.05, 4.69) is 41.2 Å². The van der Waals surface area contributed by atoms with Gasteiger partial charge in [-0.05, 0) is 46.6 Å². The van der Waals surface area contributed by atoms with Crippen LogP contribution >= 0.6 is 27.7 Å². The summed E-state index contributed by atoms with van der Waals surface area (Å²) in [5, 5.41) is 3.15. The van der Waals surface area contributed by atoms with Gasteiger partial charge in [-0.2, -0.15) is 11.8 Å². The summed E-state index contributed by atoms with van der Waals surface area (Å²) in [6.45, 7) is 2.64. The molecule has 0 radical (unpaired) electrons. The Labute approximate surface area is 170 Å². The molecule has 0 saturated heterocycles. The first-order chi connectivity index (χ1) is 13.1. The second-order valence-electron chi connectivity index (χ2n) is 5.98. The van der Waals surface area contributed by atoms with Crippen LogP contribution in [0.5, 0.6) is 0 Å². The summed E-state index contributed by atoms with van der Waals surface area (Å²) in [6, 6.07) is 7.81. The normalized spacial score (nSPS) is 10.7. The largest absolute Gasteiger partial charge is 0.355 e. The summed E-state index contributed by atoms with van der Waals surface area (Å²) in [6.07, 6.45) is 5.73. The van der Waals surface area contributed by atoms with E-state index >= 15 is 0 Å². The van der Waals surface area contributed by atoms with Crippen LogP contribution < -0.4 is 10.9 Å². The summed E-state index contributed by atoms with van der Waals surface area (Å²) < 4.78 is 1.02. The van der Waals surface area contributed by atoms with Crippen molar-refractivity contribution in [3.63, 3.8) is 0 Å². The van der Waals surface area contributed by atoms with Gasteiger partial charge in [-0.25, -0.2) is 4.98 Å². The van der Waals surface area contributed by atoms with Gasteiger partial charge in [-0.1, -0.05) is 6.07 Å². The number of hydrogen-bond donors (Lipinski definition) is 2. The first kappa shape index (κ1) is 19.6. The number of nitrogens with one attached hydrogen (secondary N) is 2. The highest BCUT2D eigenvalue weighted by molar-refractivity contribution is 9.10. The van der Waals surface area contributed by atoms with Gasteiger partial charge in [0.1, 0.15) is 0 Å². The highest BCUT2D eigenvalue weighted by Crippen LogP contribution is 2.18. The Bertz CT molecular complexity index is 945. The maximum absolute atomic E-state index is 12.2. The molecule has 0 aromatic carbocycles. The van der Waals surface area contributed by atoms with Gasteiger partial charge in [0.05, 0.1) is 5.69 Å². The van der Waals surface area contributed by atoms with E-state index in [-0.39, 0.29) is 5.56 Å². The molecule has 3 aromatic rings. The van der Waals surface area contributed by atoms with Gasteiger partial charge in [0.2, 0.25) is 5.95 Å². The SMILES string of the molecule is Cc1ccc(Cc2cnc(NCCSCc3ncccc3Br)[nH]c2=O)cn1. The zero-order valence-corrected chi connectivity index (χ0v) is 17.3. The van der Waals surface area contributed by atoms with Crippen molar-refractivity contribution < 1.29 is 0 Å². The van der Waals surface area contributed by atoms with E-state index in [1.165, 1.54) is 0 Å². The molecule has 0 amide bonds. The summed E-state index contributed by atoms with van der Waals surface area (Å²) in [7, 11) is 0. The van der Waals surface area contributed by atoms with Crippen molar-refractivity contribution in [2.24, 2.45) is 0 Å². The van der Waals surface area contributed by atoms with Gasteiger partial charge < -0.3 is 5.32 Å². The number of rotatable bonds is 8. The molecule has 0 bridgehead atoms. The summed E-state index contributed by atoms with van der Waals surface area (Å²) in [5.41, 5.74) is 3.48. The Kier molecular flexibility index (Phi) is 7.00. The van der Waals surface area contributed by atoms with Crippen LogP contribution in [0.25, 0.3) is 0 Å². The van der Waals surface area contributed by atoms with E-state index in [9.17, 15) is 4.79 Å². The third-order valence-electron chi connectivity index (χ3n) is 3.85. The van der Waals surface area contributed by atoms with E-state index in [4.69, 9.17) is 0 Å². The number of nitrogens with zero attached hydrogens (tertiary/aromatic N) is 3. The molecule has 8 heteroatoms. The van der Waals surface area contributed by atoms with Gasteiger partial charge in [0.25, 0.3) is 5.56 Å². The molecular formula is C19H20BrN5OS. The molecule has 0 aliphatic rings. The molecule has 0 aliphatic heterocycles. The van der Waals surface area contributed by atoms with Crippen LogP contribution in [0.4, 0.5) is 5.95 Å². The molecule has 0 saturated carbocycles. The third-order valence-corrected chi connectivity index (χ3v) is 5.54. The fourth-order valence-electron chi connectivity index (χ4n) is 2.39. The maximum atomic E-state index is 12.2. The number of pyridine rings is 2. The Morgan fingerprint density at radius 3 is 2.81 bits per heavy atom. The molecule has 3 heterocycles. The topological polar surface area (TPSA) is 83.6 Å². The average Bonchev–Trinajstić information content (AvgIpc) is 2.67. The van der Waals surface area contributed by atoms with Crippen LogP contribution in [-0.4, -0.2) is 32.2 Å². The second kappa shape index (κ2) is 9.66. The fourth-order valence-corrected chi connectivity index (χ4v) is 3.79. The Hall–Kier alpha value is -2.19. The Morgan fingerprint density at radius 1 is 1.19 bits per heavy atom. The van der Waals surface area contributed by atoms with Gasteiger partial charge in [0.15, 0.2) is 0 Å². The minimum absolute atomic E-state index is 0.127. The van der Waals surface area contributed by atoms with Crippen LogP contribution in [-0.2, 0) is 12.2 Å². The molecule has 0 spiro atoms. The van der Waals surface area contributed by atoms with Crippen molar-refractivity contribution in [1.82, 2.24) is 19.9 Å². The molecule has 3 aromatic heterocycles. The van der Waals surface area contributed by atoms with Crippen LogP contribution in [0.1, 0.15) is 22.5 Å². The zero-order valence-electron chi connectivity index (χ0n) is 14.9. The molecule has 0 unspecified atom stereocenters. The van der Waals surface area contributed by atoms with E-state index in [1.54, 1.807) is 30.4 Å². The van der Waals surface area contributed by atoms with Gasteiger partial charge in [-0.15, -0.1) is 0 Å². The van der Waals surface area contributed by atoms with E-state index in [0.717, 1.165) is 32.9 Å². The summed E-state index contributed by atoms with van der Waals surface area (Å²) >= 11 is 5.27. The number of halogens is 1. The number of aryl methyl sites for hydroxylation is 1. The van der Waals surface area contributed by atoms with Gasteiger partial charge >= 0.3 is 0 Å². The smallest absolute Gasteiger partial charge is 0.255 e. The average molecular weight is 446 g/mol. The number of anilines is 1. The van der Waals surface area contributed by atoms with Gasteiger partial charge in [0, 0.05) is 58.8 Å². The minimum Gasteiger partial charge on any atom is -0.355 e. The van der Waals surface area contributed by atoms with Crippen molar-refractivity contribution in [2.45, 2.75) is 19.1 Å². The molecule has 0 aliphatic carbocycles. The summed E-state index contributed by atoms with van der Waals surface area (Å²) in [4.78, 5) is 27.9. The molecule has 0 fully saturated rings. The van der Waals surface area contributed by atoms with Crippen LogP contribution in [0.15, 0.2) is 52.1 Å². The second-order valence-corrected chi connectivity index (χ2v) is 7.94. The highest BCUT2D eigenvalue weighted by atomic mass is 79.9. The van der Waals surface area contributed by atoms with Gasteiger partial charge in [-0.3, -0.25) is 19.7 Å². The van der Waals surface area contributed by atoms with Crippen LogP contribution in [0.2, 0.25) is 0 Å². The lowest BCUT2D eigenvalue weighted by atomic mass is 10.1. The molecule has 6 nitrogen and oxygen atoms in total. The first-order valence-electron chi connectivity index (χ1n) is 8.52. The van der Waals surface area contributed by atoms with E-state index < -0.39 is 0 Å². The van der Waals surface area contributed by atoms with Crippen molar-refractivity contribution in [2.75, 3.05) is 17.6 Å². The lowest BCUT2D eigenvalue weighted by Gasteiger charge is -2.07. The molecule has 27 heavy (non-hydrogen) atoms. The van der Waals surface area contributed by atoms with E-state index in [1.807, 2.05) is 31.2 Å². The molecule has 2 N–H and O–H groups in total. The monoisotopic (exact) mass is 445 g/mol. The molecular weight excluding hydrogens is 426 g/mol. The maximum Gasteiger partial charge on any atom is 0.255 e. The quantitative estimate of drug-likeness (QED) is 0.515. The fraction of sp³-hybridized carbons (Fsp3) is 0.263. The number of aromatic nitrogens is 4. The van der Waals surface area contributed by atoms with Crippen molar-refractivity contribution >= 4 is 33.6 Å². The third kappa shape index (κ3) is 5.90. The van der Waals surface area contributed by atoms with Crippen LogP contribution in [0, 0.1) is 6.92 Å². The van der Waals surface area contributed by atoms with E-state index in [0.29, 0.717) is 24.5 Å². The predicted molar refractivity (Wildman–Crippen MR) is 113 cm³/mol. The number of H-pyrrole nitrogens is 1. The Balaban J connectivity index is 1.47. The first-order valence-corrected chi connectivity index (χ1v) is 10.5. The van der Waals surface area contributed by atoms with Crippen molar-refractivity contribution in [1.29, 1.82) is 0 Å². The highest BCUT2D eigenvalue weighted by Gasteiger charge is 2.05. The number of hydrogen-bond acceptors (Lipinski definition) is 6.